The van der Waals surface area contributed by atoms with Crippen molar-refractivity contribution in [1.82, 2.24) is 4.37 Å². The third kappa shape index (κ3) is 3.62. The standard InChI is InChI=1S/C14H23N3O2S/c1-3-19-14(18)11-12(15)17-20-13(11)16-10-6-4-5-9(2)7-8-10/h9-10,16H,3-8H2,1-2H3,(H2,15,17). The Kier molecular flexibility index (Phi) is 5.23. The number of hydrogen-bond donors (Lipinski definition) is 2. The highest BCUT2D eigenvalue weighted by atomic mass is 32.1. The van der Waals surface area contributed by atoms with Crippen molar-refractivity contribution in [3.8, 4) is 0 Å². The van der Waals surface area contributed by atoms with E-state index >= 15 is 0 Å². The SMILES string of the molecule is CCOC(=O)c1c(N)nsc1NC1CCCC(C)CC1. The second-order valence-corrected chi connectivity index (χ2v) is 6.22. The van der Waals surface area contributed by atoms with Gasteiger partial charge in [-0.3, -0.25) is 0 Å². The summed E-state index contributed by atoms with van der Waals surface area (Å²) < 4.78 is 9.13. The maximum absolute atomic E-state index is 11.9. The zero-order chi connectivity index (χ0) is 14.5. The Balaban J connectivity index is 2.07. The lowest BCUT2D eigenvalue weighted by Gasteiger charge is -2.17. The second kappa shape index (κ2) is 6.92. The molecule has 2 unspecified atom stereocenters. The Morgan fingerprint density at radius 1 is 1.45 bits per heavy atom. The van der Waals surface area contributed by atoms with E-state index < -0.39 is 0 Å². The van der Waals surface area contributed by atoms with Crippen LogP contribution in [0.2, 0.25) is 0 Å². The summed E-state index contributed by atoms with van der Waals surface area (Å²) in [5.41, 5.74) is 6.19. The van der Waals surface area contributed by atoms with Crippen molar-refractivity contribution in [1.29, 1.82) is 0 Å². The molecule has 1 aromatic rings. The molecule has 1 aliphatic carbocycles. The minimum atomic E-state index is -0.386. The van der Waals surface area contributed by atoms with Gasteiger partial charge in [-0.15, -0.1) is 0 Å². The fourth-order valence-electron chi connectivity index (χ4n) is 2.62. The number of rotatable bonds is 4. The van der Waals surface area contributed by atoms with Crippen molar-refractivity contribution in [3.05, 3.63) is 5.56 Å². The number of carbonyl (C=O) groups excluding carboxylic acids is 1. The average molecular weight is 297 g/mol. The van der Waals surface area contributed by atoms with Crippen LogP contribution in [0.3, 0.4) is 0 Å². The van der Waals surface area contributed by atoms with Gasteiger partial charge in [-0.25, -0.2) is 4.79 Å². The number of ether oxygens (including phenoxy) is 1. The van der Waals surface area contributed by atoms with Crippen LogP contribution in [-0.2, 0) is 4.74 Å². The first-order valence-electron chi connectivity index (χ1n) is 7.30. The highest BCUT2D eigenvalue weighted by Crippen LogP contribution is 2.31. The van der Waals surface area contributed by atoms with E-state index in [1.807, 2.05) is 0 Å². The Morgan fingerprint density at radius 3 is 3.00 bits per heavy atom. The van der Waals surface area contributed by atoms with E-state index in [2.05, 4.69) is 16.6 Å². The van der Waals surface area contributed by atoms with Gasteiger partial charge in [-0.1, -0.05) is 19.8 Å². The molecule has 112 valence electrons. The number of nitrogens with two attached hydrogens (primary N) is 1. The molecule has 2 rings (SSSR count). The Labute approximate surface area is 124 Å². The van der Waals surface area contributed by atoms with Gasteiger partial charge in [0, 0.05) is 6.04 Å². The van der Waals surface area contributed by atoms with Crippen LogP contribution in [0.1, 0.15) is 56.3 Å². The van der Waals surface area contributed by atoms with Crippen molar-refractivity contribution in [3.63, 3.8) is 0 Å². The van der Waals surface area contributed by atoms with Gasteiger partial charge in [-0.05, 0) is 43.6 Å². The van der Waals surface area contributed by atoms with Crippen LogP contribution in [0.25, 0.3) is 0 Å². The summed E-state index contributed by atoms with van der Waals surface area (Å²) >= 11 is 1.24. The molecule has 3 N–H and O–H groups in total. The lowest BCUT2D eigenvalue weighted by Crippen LogP contribution is -2.20. The normalized spacial score (nSPS) is 23.1. The molecule has 0 saturated heterocycles. The lowest BCUT2D eigenvalue weighted by atomic mass is 10.0. The third-order valence-corrected chi connectivity index (χ3v) is 4.58. The summed E-state index contributed by atoms with van der Waals surface area (Å²) in [6, 6.07) is 0.396. The van der Waals surface area contributed by atoms with Crippen LogP contribution in [0.15, 0.2) is 0 Å². The maximum atomic E-state index is 11.9. The average Bonchev–Trinajstić information content (AvgIpc) is 2.63. The van der Waals surface area contributed by atoms with E-state index in [0.717, 1.165) is 23.8 Å². The van der Waals surface area contributed by atoms with Crippen LogP contribution in [0, 0.1) is 5.92 Å². The number of nitrogen functional groups attached to an aromatic ring is 1. The van der Waals surface area contributed by atoms with Gasteiger partial charge in [0.05, 0.1) is 6.61 Å². The van der Waals surface area contributed by atoms with E-state index in [1.165, 1.54) is 30.8 Å². The number of nitrogens with one attached hydrogen (secondary N) is 1. The molecule has 0 amide bonds. The minimum Gasteiger partial charge on any atom is -0.462 e. The molecule has 20 heavy (non-hydrogen) atoms. The van der Waals surface area contributed by atoms with Crippen LogP contribution in [0.5, 0.6) is 0 Å². The van der Waals surface area contributed by atoms with E-state index in [-0.39, 0.29) is 11.8 Å². The van der Waals surface area contributed by atoms with Crippen molar-refractivity contribution in [2.75, 3.05) is 17.7 Å². The Hall–Kier alpha value is -1.30. The molecule has 0 radical (unpaired) electrons. The van der Waals surface area contributed by atoms with Crippen molar-refractivity contribution in [2.45, 2.75) is 52.0 Å². The molecule has 1 heterocycles. The van der Waals surface area contributed by atoms with Crippen molar-refractivity contribution in [2.24, 2.45) is 5.92 Å². The maximum Gasteiger partial charge on any atom is 0.344 e. The quantitative estimate of drug-likeness (QED) is 0.658. The monoisotopic (exact) mass is 297 g/mol. The second-order valence-electron chi connectivity index (χ2n) is 5.45. The van der Waals surface area contributed by atoms with E-state index in [9.17, 15) is 4.79 Å². The number of hydrogen-bond acceptors (Lipinski definition) is 6. The van der Waals surface area contributed by atoms with Gasteiger partial charge in [0.15, 0.2) is 5.82 Å². The van der Waals surface area contributed by atoms with Crippen molar-refractivity contribution >= 4 is 28.3 Å². The van der Waals surface area contributed by atoms with Crippen LogP contribution in [-0.4, -0.2) is 23.0 Å². The van der Waals surface area contributed by atoms with Gasteiger partial charge in [0.2, 0.25) is 0 Å². The number of esters is 1. The molecule has 6 heteroatoms. The summed E-state index contributed by atoms with van der Waals surface area (Å²) in [4.78, 5) is 11.9. The zero-order valence-electron chi connectivity index (χ0n) is 12.1. The molecular formula is C14H23N3O2S. The summed E-state index contributed by atoms with van der Waals surface area (Å²) in [7, 11) is 0. The van der Waals surface area contributed by atoms with E-state index in [4.69, 9.17) is 10.5 Å². The predicted molar refractivity (Wildman–Crippen MR) is 82.1 cm³/mol. The topological polar surface area (TPSA) is 77.2 Å². The molecule has 1 aliphatic rings. The summed E-state index contributed by atoms with van der Waals surface area (Å²) in [5.74, 6) is 0.666. The zero-order valence-corrected chi connectivity index (χ0v) is 13.0. The van der Waals surface area contributed by atoms with Crippen LogP contribution < -0.4 is 11.1 Å². The highest BCUT2D eigenvalue weighted by molar-refractivity contribution is 7.11. The fourth-order valence-corrected chi connectivity index (χ4v) is 3.40. The number of carbonyl (C=O) groups is 1. The molecule has 0 bridgehead atoms. The number of anilines is 2. The molecule has 0 aromatic carbocycles. The first kappa shape index (κ1) is 15.1. The molecular weight excluding hydrogens is 274 g/mol. The van der Waals surface area contributed by atoms with Gasteiger partial charge in [-0.2, -0.15) is 4.37 Å². The highest BCUT2D eigenvalue weighted by Gasteiger charge is 2.23. The smallest absolute Gasteiger partial charge is 0.344 e. The first-order valence-corrected chi connectivity index (χ1v) is 8.08. The minimum absolute atomic E-state index is 0.262. The van der Waals surface area contributed by atoms with E-state index in [1.54, 1.807) is 6.92 Å². The Morgan fingerprint density at radius 2 is 2.25 bits per heavy atom. The summed E-state index contributed by atoms with van der Waals surface area (Å²) in [5, 5.41) is 4.20. The molecule has 1 fully saturated rings. The molecule has 0 spiro atoms. The lowest BCUT2D eigenvalue weighted by molar-refractivity contribution is 0.0529. The van der Waals surface area contributed by atoms with Crippen molar-refractivity contribution < 1.29 is 9.53 Å². The third-order valence-electron chi connectivity index (χ3n) is 3.79. The molecule has 5 nitrogen and oxygen atoms in total. The fraction of sp³-hybridized carbons (Fsp3) is 0.714. The molecule has 1 saturated carbocycles. The van der Waals surface area contributed by atoms with Gasteiger partial charge in [0.25, 0.3) is 0 Å². The summed E-state index contributed by atoms with van der Waals surface area (Å²) in [6.45, 7) is 4.43. The molecule has 1 aromatic heterocycles. The molecule has 0 aliphatic heterocycles. The van der Waals surface area contributed by atoms with Gasteiger partial charge < -0.3 is 15.8 Å². The van der Waals surface area contributed by atoms with Gasteiger partial charge in [0.1, 0.15) is 10.6 Å². The first-order chi connectivity index (χ1) is 9.61. The predicted octanol–water partition coefficient (Wildman–Crippen LogP) is 3.28. The largest absolute Gasteiger partial charge is 0.462 e. The van der Waals surface area contributed by atoms with Crippen LogP contribution in [0.4, 0.5) is 10.8 Å². The van der Waals surface area contributed by atoms with E-state index in [0.29, 0.717) is 18.2 Å². The molecule has 2 atom stereocenters. The number of nitrogens with zero attached hydrogens (tertiary/aromatic N) is 1. The van der Waals surface area contributed by atoms with Crippen LogP contribution >= 0.6 is 11.5 Å². The van der Waals surface area contributed by atoms with Gasteiger partial charge >= 0.3 is 5.97 Å². The Bertz CT molecular complexity index is 461. The number of aromatic nitrogens is 1. The summed E-state index contributed by atoms with van der Waals surface area (Å²) in [6.07, 6.45) is 5.99.